The van der Waals surface area contributed by atoms with Crippen molar-refractivity contribution in [3.8, 4) is 0 Å². The van der Waals surface area contributed by atoms with Gasteiger partial charge < -0.3 is 10.1 Å². The third-order valence-electron chi connectivity index (χ3n) is 4.78. The van der Waals surface area contributed by atoms with Gasteiger partial charge in [-0.1, -0.05) is 44.2 Å². The number of benzene rings is 1. The predicted molar refractivity (Wildman–Crippen MR) is 94.9 cm³/mol. The molecule has 3 nitrogen and oxygen atoms in total. The Balaban J connectivity index is 1.93. The molecule has 26 heavy (non-hydrogen) atoms. The standard InChI is InChI=1S/C20H21F3N2O/c1-18(2,15-6-4-3-5-7-15)13-19(26,20(21,22)23)11-16-10-14-8-9-24-12-17(14)25-16/h3-10,12,25-26H,11,13H2,1-2H3. The van der Waals surface area contributed by atoms with Gasteiger partial charge in [0.15, 0.2) is 5.60 Å². The van der Waals surface area contributed by atoms with Gasteiger partial charge >= 0.3 is 6.18 Å². The Labute approximate surface area is 149 Å². The highest BCUT2D eigenvalue weighted by Gasteiger charge is 2.55. The molecule has 0 spiro atoms. The molecule has 1 aromatic carbocycles. The Morgan fingerprint density at radius 1 is 1.08 bits per heavy atom. The molecule has 2 N–H and O–H groups in total. The number of H-pyrrole nitrogens is 1. The van der Waals surface area contributed by atoms with Crippen LogP contribution in [0.1, 0.15) is 31.5 Å². The fraction of sp³-hybridized carbons (Fsp3) is 0.350. The van der Waals surface area contributed by atoms with Crippen LogP contribution in [0.4, 0.5) is 13.2 Å². The van der Waals surface area contributed by atoms with Crippen LogP contribution in [0.2, 0.25) is 0 Å². The molecule has 0 saturated heterocycles. The predicted octanol–water partition coefficient (Wildman–Crippen LogP) is 4.77. The summed E-state index contributed by atoms with van der Waals surface area (Å²) in [6.45, 7) is 3.43. The molecular weight excluding hydrogens is 341 g/mol. The fourth-order valence-corrected chi connectivity index (χ4v) is 3.43. The molecule has 138 valence electrons. The van der Waals surface area contributed by atoms with Gasteiger partial charge in [-0.25, -0.2) is 0 Å². The summed E-state index contributed by atoms with van der Waals surface area (Å²) in [6, 6.07) is 12.3. The summed E-state index contributed by atoms with van der Waals surface area (Å²) in [4.78, 5) is 6.88. The van der Waals surface area contributed by atoms with Crippen LogP contribution in [0, 0.1) is 0 Å². The first-order valence-electron chi connectivity index (χ1n) is 8.37. The lowest BCUT2D eigenvalue weighted by Gasteiger charge is -2.37. The van der Waals surface area contributed by atoms with Crippen molar-refractivity contribution in [2.24, 2.45) is 0 Å². The molecule has 1 unspecified atom stereocenters. The number of aromatic nitrogens is 2. The molecule has 1 atom stereocenters. The Morgan fingerprint density at radius 3 is 2.38 bits per heavy atom. The molecular formula is C20H21F3N2O. The number of hydrogen-bond donors (Lipinski definition) is 2. The van der Waals surface area contributed by atoms with E-state index in [1.165, 1.54) is 0 Å². The Bertz CT molecular complexity index is 854. The van der Waals surface area contributed by atoms with Crippen molar-refractivity contribution in [1.82, 2.24) is 9.97 Å². The lowest BCUT2D eigenvalue weighted by molar-refractivity contribution is -0.266. The summed E-state index contributed by atoms with van der Waals surface area (Å²) < 4.78 is 41.4. The van der Waals surface area contributed by atoms with Crippen molar-refractivity contribution in [2.75, 3.05) is 0 Å². The largest absolute Gasteiger partial charge is 0.417 e. The maximum absolute atomic E-state index is 13.8. The van der Waals surface area contributed by atoms with E-state index in [1.807, 2.05) is 6.07 Å². The van der Waals surface area contributed by atoms with E-state index < -0.39 is 30.0 Å². The van der Waals surface area contributed by atoms with Gasteiger partial charge in [0.05, 0.1) is 11.7 Å². The minimum Gasteiger partial charge on any atom is -0.380 e. The first-order chi connectivity index (χ1) is 12.1. The number of fused-ring (bicyclic) bond motifs is 1. The van der Waals surface area contributed by atoms with Gasteiger partial charge in [-0.15, -0.1) is 0 Å². The van der Waals surface area contributed by atoms with E-state index in [2.05, 4.69) is 9.97 Å². The highest BCUT2D eigenvalue weighted by Crippen LogP contribution is 2.43. The van der Waals surface area contributed by atoms with Gasteiger partial charge in [-0.3, -0.25) is 4.98 Å². The van der Waals surface area contributed by atoms with Gasteiger partial charge in [-0.2, -0.15) is 13.2 Å². The first-order valence-corrected chi connectivity index (χ1v) is 8.37. The maximum Gasteiger partial charge on any atom is 0.417 e. The molecule has 0 fully saturated rings. The fourth-order valence-electron chi connectivity index (χ4n) is 3.43. The smallest absolute Gasteiger partial charge is 0.380 e. The van der Waals surface area contributed by atoms with Gasteiger partial charge in [0.25, 0.3) is 0 Å². The highest BCUT2D eigenvalue weighted by molar-refractivity contribution is 5.79. The van der Waals surface area contributed by atoms with Crippen LogP contribution >= 0.6 is 0 Å². The average molecular weight is 362 g/mol. The second kappa shape index (κ2) is 6.43. The summed E-state index contributed by atoms with van der Waals surface area (Å²) in [6.07, 6.45) is -2.61. The summed E-state index contributed by atoms with van der Waals surface area (Å²) in [7, 11) is 0. The molecule has 0 radical (unpaired) electrons. The molecule has 2 aromatic heterocycles. The lowest BCUT2D eigenvalue weighted by atomic mass is 9.73. The summed E-state index contributed by atoms with van der Waals surface area (Å²) in [5.74, 6) is 0. The van der Waals surface area contributed by atoms with Crippen molar-refractivity contribution in [1.29, 1.82) is 0 Å². The summed E-state index contributed by atoms with van der Waals surface area (Å²) in [5.41, 5.74) is -1.96. The molecule has 0 aliphatic carbocycles. The van der Waals surface area contributed by atoms with Crippen LogP contribution in [0.25, 0.3) is 10.9 Å². The molecule has 3 rings (SSSR count). The number of aliphatic hydroxyl groups is 1. The Hall–Kier alpha value is -2.34. The zero-order chi connectivity index (χ0) is 19.0. The maximum atomic E-state index is 13.8. The quantitative estimate of drug-likeness (QED) is 0.687. The number of alkyl halides is 3. The zero-order valence-electron chi connectivity index (χ0n) is 14.6. The number of rotatable bonds is 5. The molecule has 6 heteroatoms. The minimum atomic E-state index is -4.76. The minimum absolute atomic E-state index is 0.330. The zero-order valence-corrected chi connectivity index (χ0v) is 14.6. The van der Waals surface area contributed by atoms with Gasteiger partial charge in [-0.05, 0) is 29.5 Å². The Morgan fingerprint density at radius 2 is 1.77 bits per heavy atom. The summed E-state index contributed by atoms with van der Waals surface area (Å²) in [5, 5.41) is 11.4. The van der Waals surface area contributed by atoms with Crippen LogP contribution in [0.3, 0.4) is 0 Å². The average Bonchev–Trinajstić information content (AvgIpc) is 2.96. The van der Waals surface area contributed by atoms with E-state index in [4.69, 9.17) is 0 Å². The third-order valence-corrected chi connectivity index (χ3v) is 4.78. The molecule has 0 saturated carbocycles. The summed E-state index contributed by atoms with van der Waals surface area (Å²) >= 11 is 0. The second-order valence-corrected chi connectivity index (χ2v) is 7.39. The van der Waals surface area contributed by atoms with Gasteiger partial charge in [0.2, 0.25) is 0 Å². The lowest BCUT2D eigenvalue weighted by Crippen LogP contribution is -2.50. The number of nitrogens with zero attached hydrogens (tertiary/aromatic N) is 1. The van der Waals surface area contributed by atoms with Crippen LogP contribution < -0.4 is 0 Å². The third kappa shape index (κ3) is 3.60. The van der Waals surface area contributed by atoms with Crippen molar-refractivity contribution < 1.29 is 18.3 Å². The van der Waals surface area contributed by atoms with E-state index in [1.54, 1.807) is 62.6 Å². The van der Waals surface area contributed by atoms with E-state index in [0.29, 0.717) is 11.2 Å². The molecule has 0 bridgehead atoms. The SMILES string of the molecule is CC(C)(CC(O)(Cc1cc2ccncc2[nH]1)C(F)(F)F)c1ccccc1. The van der Waals surface area contributed by atoms with Crippen molar-refractivity contribution in [3.05, 3.63) is 66.1 Å². The van der Waals surface area contributed by atoms with Gasteiger partial charge in [0, 0.05) is 23.7 Å². The Kier molecular flexibility index (Phi) is 4.56. The highest BCUT2D eigenvalue weighted by atomic mass is 19.4. The van der Waals surface area contributed by atoms with E-state index in [-0.39, 0.29) is 0 Å². The second-order valence-electron chi connectivity index (χ2n) is 7.39. The van der Waals surface area contributed by atoms with Crippen LogP contribution in [0.15, 0.2) is 54.9 Å². The number of hydrogen-bond acceptors (Lipinski definition) is 2. The molecule has 0 aliphatic rings. The van der Waals surface area contributed by atoms with Crippen LogP contribution in [-0.4, -0.2) is 26.9 Å². The van der Waals surface area contributed by atoms with Crippen molar-refractivity contribution >= 4 is 10.9 Å². The topological polar surface area (TPSA) is 48.9 Å². The molecule has 0 amide bonds. The molecule has 0 aliphatic heterocycles. The van der Waals surface area contributed by atoms with Crippen LogP contribution in [0.5, 0.6) is 0 Å². The van der Waals surface area contributed by atoms with Crippen molar-refractivity contribution in [2.45, 2.75) is 43.9 Å². The molecule has 3 aromatic rings. The number of pyridine rings is 1. The number of nitrogens with one attached hydrogen (secondary N) is 1. The molecule has 2 heterocycles. The van der Waals surface area contributed by atoms with E-state index in [9.17, 15) is 18.3 Å². The van der Waals surface area contributed by atoms with Crippen LogP contribution in [-0.2, 0) is 11.8 Å². The number of aromatic amines is 1. The van der Waals surface area contributed by atoms with E-state index in [0.717, 1.165) is 10.9 Å². The van der Waals surface area contributed by atoms with Crippen molar-refractivity contribution in [3.63, 3.8) is 0 Å². The first kappa shape index (κ1) is 18.5. The number of halogens is 3. The normalized spacial score (nSPS) is 15.2. The van der Waals surface area contributed by atoms with Gasteiger partial charge in [0.1, 0.15) is 0 Å². The van der Waals surface area contributed by atoms with E-state index >= 15 is 0 Å². The monoisotopic (exact) mass is 362 g/mol.